The van der Waals surface area contributed by atoms with Crippen LogP contribution in [0.5, 0.6) is 0 Å². The molecule has 0 aromatic carbocycles. The van der Waals surface area contributed by atoms with Crippen molar-refractivity contribution in [2.75, 3.05) is 35.5 Å². The number of methoxy groups -OCH3 is 5. The van der Waals surface area contributed by atoms with Crippen molar-refractivity contribution in [2.45, 2.75) is 362 Å². The number of esters is 1. The molecule has 0 amide bonds. The standard InChI is InChI=1S/C70H114O27/c1-32-60(75)47(78-12)27-56(83-32)93-62-34(3)84-53(25-45(62)73)92-61-33(2)85-54(26-46(61)74)94-63-36(5)87-57(29-49(63)80-14)96-65-38(7)89-59(31-51(65)82-16)97-66-37(6)88-58(30-50(66)81-15)95-64-35(4)86-55(28-48(64)79-13)91-42-19-20-67(10)41(23-42)17-18-43-44(67)24-52(90-40(9)72)68(11)69(76,39(8)71)21-22-70(43,68)77/h17,32-38,42-66,73-77H,18-31H2,1-16H3/t32-,33-,34-,35-,36-,37+,38+,42+,43-,44+,45+,46+,47-,48+,49+,50-,51-,52-,53+,54+,55+,56+,57+,58-,59-,60-,61-,62-,63-,64-,65+,66+,67+,68-,69-,70+/m1/s1. The van der Waals surface area contributed by atoms with Crippen LogP contribution in [0.25, 0.3) is 0 Å². The Labute approximate surface area is 571 Å². The van der Waals surface area contributed by atoms with E-state index in [1.165, 1.54) is 26.5 Å². The van der Waals surface area contributed by atoms with Gasteiger partial charge in [0.15, 0.2) is 49.8 Å². The lowest BCUT2D eigenvalue weighted by Gasteiger charge is -2.63. The first kappa shape index (κ1) is 76.1. The second-order valence-corrected chi connectivity index (χ2v) is 30.1. The van der Waals surface area contributed by atoms with E-state index in [2.05, 4.69) is 13.0 Å². The van der Waals surface area contributed by atoms with Crippen LogP contribution in [0.4, 0.5) is 0 Å². The molecule has 36 atom stereocenters. The number of fused-ring (bicyclic) bond motifs is 5. The molecule has 5 N–H and O–H groups in total. The lowest BCUT2D eigenvalue weighted by molar-refractivity contribution is -0.356. The molecule has 11 rings (SSSR count). The summed E-state index contributed by atoms with van der Waals surface area (Å²) < 4.78 is 126. The monoisotopic (exact) mass is 1390 g/mol. The zero-order valence-electron chi connectivity index (χ0n) is 59.7. The fourth-order valence-corrected chi connectivity index (χ4v) is 18.9. The number of ether oxygens (including phenoxy) is 20. The molecular weight excluding hydrogens is 1270 g/mol. The number of hydrogen-bond donors (Lipinski definition) is 5. The highest BCUT2D eigenvalue weighted by Gasteiger charge is 2.77. The number of hydrogen-bond acceptors (Lipinski definition) is 27. The Hall–Kier alpha value is -2.08. The number of carbonyl (C=O) groups is 2. The molecule has 97 heavy (non-hydrogen) atoms. The Morgan fingerprint density at radius 3 is 1.20 bits per heavy atom. The fraction of sp³-hybridized carbons (Fsp3) is 0.943. The maximum Gasteiger partial charge on any atom is 0.302 e. The quantitative estimate of drug-likeness (QED) is 0.0766. The smallest absolute Gasteiger partial charge is 0.302 e. The van der Waals surface area contributed by atoms with Gasteiger partial charge in [-0.15, -0.1) is 0 Å². The van der Waals surface area contributed by atoms with Crippen LogP contribution in [0.2, 0.25) is 0 Å². The number of aliphatic hydroxyl groups is 5. The van der Waals surface area contributed by atoms with Crippen molar-refractivity contribution in [3.05, 3.63) is 11.6 Å². The predicted molar refractivity (Wildman–Crippen MR) is 339 cm³/mol. The Bertz CT molecular complexity index is 2630. The summed E-state index contributed by atoms with van der Waals surface area (Å²) in [6, 6.07) is 0. The van der Waals surface area contributed by atoms with Crippen molar-refractivity contribution in [1.82, 2.24) is 0 Å². The van der Waals surface area contributed by atoms with Gasteiger partial charge in [0.2, 0.25) is 0 Å². The van der Waals surface area contributed by atoms with Crippen molar-refractivity contribution < 1.29 is 130 Å². The molecule has 7 heterocycles. The van der Waals surface area contributed by atoms with Gasteiger partial charge in [0.05, 0.1) is 103 Å². The number of carbonyl (C=O) groups excluding carboxylic acids is 2. The largest absolute Gasteiger partial charge is 0.462 e. The van der Waals surface area contributed by atoms with Crippen molar-refractivity contribution >= 4 is 11.8 Å². The molecule has 4 aliphatic carbocycles. The summed E-state index contributed by atoms with van der Waals surface area (Å²) in [5, 5.41) is 57.8. The molecule has 0 unspecified atom stereocenters. The van der Waals surface area contributed by atoms with Crippen LogP contribution in [0, 0.1) is 22.7 Å². The zero-order chi connectivity index (χ0) is 70.0. The van der Waals surface area contributed by atoms with Gasteiger partial charge in [-0.1, -0.05) is 25.5 Å². The molecule has 11 aliphatic rings. The fourth-order valence-electron chi connectivity index (χ4n) is 18.9. The first-order valence-electron chi connectivity index (χ1n) is 35.7. The Balaban J connectivity index is 0.622. The molecule has 27 heteroatoms. The highest BCUT2D eigenvalue weighted by molar-refractivity contribution is 5.87. The molecule has 0 aromatic heterocycles. The van der Waals surface area contributed by atoms with Crippen LogP contribution in [-0.4, -0.2) is 268 Å². The van der Waals surface area contributed by atoms with Gasteiger partial charge >= 0.3 is 5.97 Å². The topological polar surface area (TPSA) is 320 Å². The van der Waals surface area contributed by atoms with Gasteiger partial charge in [-0.05, 0) is 118 Å². The van der Waals surface area contributed by atoms with E-state index in [1.54, 1.807) is 56.1 Å². The minimum Gasteiger partial charge on any atom is -0.462 e. The average Bonchev–Trinajstić information content (AvgIpc) is 1.58. The maximum atomic E-state index is 13.1. The van der Waals surface area contributed by atoms with Gasteiger partial charge in [0, 0.05) is 87.4 Å². The van der Waals surface area contributed by atoms with E-state index in [0.29, 0.717) is 44.9 Å². The minimum absolute atomic E-state index is 0.0542. The average molecular weight is 1390 g/mol. The molecule has 0 radical (unpaired) electrons. The highest BCUT2D eigenvalue weighted by atomic mass is 16.8. The minimum atomic E-state index is -1.82. The molecule has 0 aromatic rings. The summed E-state index contributed by atoms with van der Waals surface area (Å²) in [5.74, 6) is -1.22. The second kappa shape index (κ2) is 30.9. The predicted octanol–water partition coefficient (Wildman–Crippen LogP) is 4.72. The van der Waals surface area contributed by atoms with Crippen LogP contribution in [0.15, 0.2) is 11.6 Å². The third-order valence-corrected chi connectivity index (χ3v) is 24.5. The number of allylic oxidation sites excluding steroid dienone is 1. The van der Waals surface area contributed by atoms with Gasteiger partial charge in [0.25, 0.3) is 0 Å². The number of Topliss-reactive ketones (excluding diaryl/α,β-unsaturated/α-hetero) is 1. The van der Waals surface area contributed by atoms with Crippen LogP contribution in [0.1, 0.15) is 166 Å². The molecule has 0 bridgehead atoms. The Morgan fingerprint density at radius 1 is 0.454 bits per heavy atom. The van der Waals surface area contributed by atoms with Crippen LogP contribution in [0.3, 0.4) is 0 Å². The van der Waals surface area contributed by atoms with E-state index in [4.69, 9.17) is 94.7 Å². The molecule has 27 nitrogen and oxygen atoms in total. The maximum absolute atomic E-state index is 13.1. The van der Waals surface area contributed by atoms with E-state index in [1.807, 2.05) is 27.7 Å². The van der Waals surface area contributed by atoms with E-state index in [9.17, 15) is 35.1 Å². The van der Waals surface area contributed by atoms with Crippen LogP contribution >= 0.6 is 0 Å². The zero-order valence-corrected chi connectivity index (χ0v) is 59.7. The molecule has 3 saturated carbocycles. The lowest BCUT2D eigenvalue weighted by atomic mass is 9.44. The lowest BCUT2D eigenvalue weighted by Crippen LogP contribution is -2.71. The number of aliphatic hydroxyl groups excluding tert-OH is 3. The van der Waals surface area contributed by atoms with Crippen molar-refractivity contribution in [3.63, 3.8) is 0 Å². The molecule has 10 fully saturated rings. The summed E-state index contributed by atoms with van der Waals surface area (Å²) in [4.78, 5) is 25.7. The first-order chi connectivity index (χ1) is 46.0. The summed E-state index contributed by atoms with van der Waals surface area (Å²) in [6.07, 6.45) is -10.8. The molecule has 556 valence electrons. The number of rotatable bonds is 21. The van der Waals surface area contributed by atoms with Crippen LogP contribution in [-0.2, 0) is 104 Å². The molecule has 7 saturated heterocycles. The van der Waals surface area contributed by atoms with E-state index < -0.39 is 201 Å². The van der Waals surface area contributed by atoms with Gasteiger partial charge in [-0.25, -0.2) is 0 Å². The third kappa shape index (κ3) is 15.0. The van der Waals surface area contributed by atoms with Crippen LogP contribution < -0.4 is 0 Å². The summed E-state index contributed by atoms with van der Waals surface area (Å²) >= 11 is 0. The molecule has 0 spiro atoms. The summed E-state index contributed by atoms with van der Waals surface area (Å²) in [6.45, 7) is 19.7. The normalized spacial score (nSPS) is 51.9. The van der Waals surface area contributed by atoms with E-state index >= 15 is 0 Å². The Morgan fingerprint density at radius 2 is 0.814 bits per heavy atom. The van der Waals surface area contributed by atoms with Gasteiger partial charge < -0.3 is 120 Å². The van der Waals surface area contributed by atoms with Crippen molar-refractivity contribution in [1.29, 1.82) is 0 Å². The Kier molecular flexibility index (Phi) is 24.3. The summed E-state index contributed by atoms with van der Waals surface area (Å²) in [7, 11) is 8.06. The SMILES string of the molecule is CO[C@H]1C[C@H](O[C@H]2CC[C@@]3(C)C(=CC[C@@H]4[C@@H]3C[C@@H](OC(C)=O)[C@]3(C)[C@](O)(C(C)=O)CC[C@]43O)C2)O[C@H](C)[C@H]1O[C@@H]1C[C@@H](OC)[C@@H](O[C@@H]2C[C@@H](OC)[C@@H](O[C@H]3C[C@H](OC)[C@H](O[C@H]4C[C@H](O)[C@H](O[C@H]5C[C@H](O)[C@H](O[C@H]6C[C@@H](OC)[C@H](O)[C@@H](C)O6)[C@@H](C)O5)[C@@H](C)O4)[C@@H](C)O3)[C@H](C)O2)[C@H](C)O1. The highest BCUT2D eigenvalue weighted by Crippen LogP contribution is 2.70. The van der Waals surface area contributed by atoms with E-state index in [-0.39, 0.29) is 61.6 Å². The number of ketones is 1. The van der Waals surface area contributed by atoms with Gasteiger partial charge in [-0.3, -0.25) is 9.59 Å². The van der Waals surface area contributed by atoms with E-state index in [0.717, 1.165) is 12.8 Å². The van der Waals surface area contributed by atoms with Crippen molar-refractivity contribution in [3.8, 4) is 0 Å². The van der Waals surface area contributed by atoms with Crippen molar-refractivity contribution in [2.24, 2.45) is 22.7 Å². The molecular formula is C70H114O27. The van der Waals surface area contributed by atoms with Gasteiger partial charge in [0.1, 0.15) is 54.4 Å². The third-order valence-electron chi connectivity index (χ3n) is 24.5. The van der Waals surface area contributed by atoms with Gasteiger partial charge in [-0.2, -0.15) is 0 Å². The first-order valence-corrected chi connectivity index (χ1v) is 35.7. The summed E-state index contributed by atoms with van der Waals surface area (Å²) in [5.41, 5.74) is -3.70. The molecule has 7 aliphatic heterocycles. The second-order valence-electron chi connectivity index (χ2n) is 30.1.